The van der Waals surface area contributed by atoms with E-state index in [9.17, 15) is 13.2 Å². The molecule has 1 amide bonds. The molecule has 2 aliphatic rings. The van der Waals surface area contributed by atoms with Gasteiger partial charge in [0.1, 0.15) is 5.75 Å². The van der Waals surface area contributed by atoms with Crippen molar-refractivity contribution in [3.05, 3.63) is 54.1 Å². The fourth-order valence-electron chi connectivity index (χ4n) is 3.85. The van der Waals surface area contributed by atoms with Crippen LogP contribution in [-0.2, 0) is 21.2 Å². The number of likely N-dealkylation sites (tertiary alicyclic amines) is 1. The van der Waals surface area contributed by atoms with Gasteiger partial charge in [0.15, 0.2) is 0 Å². The molecular formula is C22H25N3O4S. The number of carbonyl (C=O) groups excluding carboxylic acids is 1. The number of methoxy groups -OCH3 is 1. The fraction of sp³-hybridized carbons (Fsp3) is 0.364. The van der Waals surface area contributed by atoms with E-state index in [2.05, 4.69) is 5.10 Å². The lowest BCUT2D eigenvalue weighted by molar-refractivity contribution is -0.123. The van der Waals surface area contributed by atoms with E-state index < -0.39 is 20.8 Å². The van der Waals surface area contributed by atoms with Crippen LogP contribution in [0.2, 0.25) is 0 Å². The molecule has 0 aliphatic carbocycles. The van der Waals surface area contributed by atoms with E-state index in [0.717, 1.165) is 31.2 Å². The molecule has 4 rings (SSSR count). The largest absolute Gasteiger partial charge is 0.497 e. The SMILES string of the molecule is COc1cccc(CN2N=C(C(=O)N3CCCCCC3)S(=O)(=O)c3ccccc32)c1. The first-order valence-corrected chi connectivity index (χ1v) is 11.6. The van der Waals surface area contributed by atoms with Crippen molar-refractivity contribution in [3.8, 4) is 5.75 Å². The number of amides is 1. The lowest BCUT2D eigenvalue weighted by Crippen LogP contribution is -2.43. The summed E-state index contributed by atoms with van der Waals surface area (Å²) in [5.74, 6) is 0.192. The van der Waals surface area contributed by atoms with Gasteiger partial charge in [-0.25, -0.2) is 8.42 Å². The Bertz CT molecular complexity index is 1070. The average molecular weight is 428 g/mol. The van der Waals surface area contributed by atoms with Crippen LogP contribution >= 0.6 is 0 Å². The lowest BCUT2D eigenvalue weighted by atomic mass is 10.2. The number of nitrogens with zero attached hydrogens (tertiary/aromatic N) is 3. The molecule has 7 nitrogen and oxygen atoms in total. The molecule has 2 aromatic carbocycles. The number of anilines is 1. The summed E-state index contributed by atoms with van der Waals surface area (Å²) < 4.78 is 31.8. The number of benzene rings is 2. The average Bonchev–Trinajstić information content (AvgIpc) is 3.05. The second-order valence-electron chi connectivity index (χ2n) is 7.49. The van der Waals surface area contributed by atoms with Crippen molar-refractivity contribution in [2.45, 2.75) is 37.1 Å². The number of para-hydroxylation sites is 1. The minimum Gasteiger partial charge on any atom is -0.497 e. The molecule has 0 atom stereocenters. The number of fused-ring (bicyclic) bond motifs is 1. The Morgan fingerprint density at radius 2 is 1.77 bits per heavy atom. The molecule has 0 aromatic heterocycles. The molecule has 0 radical (unpaired) electrons. The second kappa shape index (κ2) is 8.47. The van der Waals surface area contributed by atoms with Crippen molar-refractivity contribution in [1.82, 2.24) is 4.90 Å². The summed E-state index contributed by atoms with van der Waals surface area (Å²) in [7, 11) is -2.39. The Morgan fingerprint density at radius 3 is 2.50 bits per heavy atom. The van der Waals surface area contributed by atoms with Crippen LogP contribution in [0.3, 0.4) is 0 Å². The predicted octanol–water partition coefficient (Wildman–Crippen LogP) is 3.21. The highest BCUT2D eigenvalue weighted by Gasteiger charge is 2.39. The molecular weight excluding hydrogens is 402 g/mol. The van der Waals surface area contributed by atoms with Crippen LogP contribution in [0, 0.1) is 0 Å². The molecule has 2 aromatic rings. The van der Waals surface area contributed by atoms with Gasteiger partial charge in [0, 0.05) is 13.1 Å². The van der Waals surface area contributed by atoms with Crippen molar-refractivity contribution in [2.75, 3.05) is 25.2 Å². The zero-order chi connectivity index (χ0) is 21.1. The van der Waals surface area contributed by atoms with E-state index in [1.54, 1.807) is 35.2 Å². The molecule has 158 valence electrons. The number of carbonyl (C=O) groups is 1. The predicted molar refractivity (Wildman–Crippen MR) is 115 cm³/mol. The smallest absolute Gasteiger partial charge is 0.286 e. The van der Waals surface area contributed by atoms with Gasteiger partial charge in [-0.15, -0.1) is 0 Å². The maximum Gasteiger partial charge on any atom is 0.286 e. The van der Waals surface area contributed by atoms with Crippen LogP contribution in [0.25, 0.3) is 0 Å². The van der Waals surface area contributed by atoms with Gasteiger partial charge >= 0.3 is 0 Å². The van der Waals surface area contributed by atoms with E-state index in [-0.39, 0.29) is 4.90 Å². The van der Waals surface area contributed by atoms with E-state index in [4.69, 9.17) is 4.74 Å². The summed E-state index contributed by atoms with van der Waals surface area (Å²) in [6, 6.07) is 14.2. The summed E-state index contributed by atoms with van der Waals surface area (Å²) in [6.07, 6.45) is 3.86. The Hall–Kier alpha value is -2.87. The summed E-state index contributed by atoms with van der Waals surface area (Å²) in [4.78, 5) is 14.9. The highest BCUT2D eigenvalue weighted by atomic mass is 32.2. The lowest BCUT2D eigenvalue weighted by Gasteiger charge is -2.29. The van der Waals surface area contributed by atoms with Gasteiger partial charge in [0.25, 0.3) is 5.91 Å². The van der Waals surface area contributed by atoms with Gasteiger partial charge in [-0.05, 0) is 42.7 Å². The third-order valence-electron chi connectivity index (χ3n) is 5.44. The highest BCUT2D eigenvalue weighted by Crippen LogP contribution is 2.33. The Labute approximate surface area is 176 Å². The molecule has 2 heterocycles. The summed E-state index contributed by atoms with van der Waals surface area (Å²) >= 11 is 0. The monoisotopic (exact) mass is 427 g/mol. The first kappa shape index (κ1) is 20.4. The summed E-state index contributed by atoms with van der Waals surface area (Å²) in [6.45, 7) is 1.44. The van der Waals surface area contributed by atoms with Gasteiger partial charge in [-0.3, -0.25) is 9.80 Å². The third-order valence-corrected chi connectivity index (χ3v) is 7.13. The molecule has 0 bridgehead atoms. The number of hydrogen-bond donors (Lipinski definition) is 0. The maximum atomic E-state index is 13.2. The molecule has 8 heteroatoms. The number of rotatable bonds is 4. The molecule has 30 heavy (non-hydrogen) atoms. The molecule has 2 aliphatic heterocycles. The van der Waals surface area contributed by atoms with Crippen molar-refractivity contribution in [3.63, 3.8) is 0 Å². The molecule has 1 saturated heterocycles. The molecule has 1 fully saturated rings. The first-order valence-electron chi connectivity index (χ1n) is 10.1. The van der Waals surface area contributed by atoms with Crippen molar-refractivity contribution >= 4 is 26.5 Å². The normalized spacial score (nSPS) is 18.2. The Kier molecular flexibility index (Phi) is 5.76. The van der Waals surface area contributed by atoms with Gasteiger partial charge < -0.3 is 9.64 Å². The van der Waals surface area contributed by atoms with Crippen molar-refractivity contribution in [2.24, 2.45) is 5.10 Å². The Morgan fingerprint density at radius 1 is 1.03 bits per heavy atom. The van der Waals surface area contributed by atoms with Gasteiger partial charge in [0.05, 0.1) is 24.2 Å². The van der Waals surface area contributed by atoms with Gasteiger partial charge in [-0.2, -0.15) is 5.10 Å². The molecule has 0 saturated carbocycles. The number of sulfone groups is 1. The first-order chi connectivity index (χ1) is 14.5. The molecule has 0 N–H and O–H groups in total. The van der Waals surface area contributed by atoms with E-state index in [0.29, 0.717) is 31.1 Å². The van der Waals surface area contributed by atoms with Crippen LogP contribution < -0.4 is 9.75 Å². The van der Waals surface area contributed by atoms with E-state index in [1.165, 1.54) is 6.07 Å². The number of hydrazone groups is 1. The van der Waals surface area contributed by atoms with Crippen LogP contribution in [0.1, 0.15) is 31.2 Å². The van der Waals surface area contributed by atoms with Crippen molar-refractivity contribution in [1.29, 1.82) is 0 Å². The second-order valence-corrected chi connectivity index (χ2v) is 9.33. The van der Waals surface area contributed by atoms with Crippen LogP contribution in [-0.4, -0.2) is 44.5 Å². The maximum absolute atomic E-state index is 13.2. The van der Waals surface area contributed by atoms with E-state index >= 15 is 0 Å². The molecule has 0 unspecified atom stereocenters. The van der Waals surface area contributed by atoms with E-state index in [1.807, 2.05) is 24.3 Å². The Balaban J connectivity index is 1.74. The minimum atomic E-state index is -3.99. The topological polar surface area (TPSA) is 79.3 Å². The minimum absolute atomic E-state index is 0.112. The third kappa shape index (κ3) is 3.92. The van der Waals surface area contributed by atoms with Crippen LogP contribution in [0.15, 0.2) is 58.5 Å². The zero-order valence-electron chi connectivity index (χ0n) is 17.0. The standard InChI is InChI=1S/C22H25N3O4S/c1-29-18-10-8-9-17(15-18)16-25-19-11-4-5-12-20(19)30(27,28)21(23-25)22(26)24-13-6-2-3-7-14-24/h4-5,8-12,15H,2-3,6-7,13-14,16H2,1H3. The summed E-state index contributed by atoms with van der Waals surface area (Å²) in [5, 5.41) is 5.56. The zero-order valence-corrected chi connectivity index (χ0v) is 17.8. The highest BCUT2D eigenvalue weighted by molar-refractivity contribution is 8.08. The summed E-state index contributed by atoms with van der Waals surface area (Å²) in [5.41, 5.74) is 1.36. The quantitative estimate of drug-likeness (QED) is 0.749. The van der Waals surface area contributed by atoms with Gasteiger partial charge in [0.2, 0.25) is 14.9 Å². The number of hydrogen-bond acceptors (Lipinski definition) is 6. The molecule has 0 spiro atoms. The fourth-order valence-corrected chi connectivity index (χ4v) is 5.33. The van der Waals surface area contributed by atoms with Gasteiger partial charge in [-0.1, -0.05) is 37.1 Å². The van der Waals surface area contributed by atoms with Crippen molar-refractivity contribution < 1.29 is 17.9 Å². The van der Waals surface area contributed by atoms with Crippen LogP contribution in [0.5, 0.6) is 5.75 Å². The van der Waals surface area contributed by atoms with Crippen LogP contribution in [0.4, 0.5) is 5.69 Å². The number of ether oxygens (including phenoxy) is 1.